The molecule has 0 radical (unpaired) electrons. The molecule has 0 atom stereocenters. The molecule has 0 spiro atoms. The molecule has 0 aliphatic rings. The quantitative estimate of drug-likeness (QED) is 0.225. The number of methoxy groups -OCH3 is 1. The number of anilines is 3. The molecule has 8 nitrogen and oxygen atoms in total. The van der Waals surface area contributed by atoms with Crippen molar-refractivity contribution < 1.29 is 17.9 Å². The zero-order valence-electron chi connectivity index (χ0n) is 20.9. The lowest BCUT2D eigenvalue weighted by molar-refractivity contribution is 0.103. The van der Waals surface area contributed by atoms with Crippen molar-refractivity contribution in [2.45, 2.75) is 4.90 Å². The minimum atomic E-state index is -3.87. The molecule has 4 aromatic carbocycles. The van der Waals surface area contributed by atoms with E-state index in [1.165, 1.54) is 25.6 Å². The summed E-state index contributed by atoms with van der Waals surface area (Å²) in [5.41, 5.74) is 3.54. The van der Waals surface area contributed by atoms with Crippen LogP contribution in [0.1, 0.15) is 15.9 Å². The Hall–Kier alpha value is -5.02. The lowest BCUT2D eigenvalue weighted by atomic mass is 10.0. The predicted octanol–water partition coefficient (Wildman–Crippen LogP) is 5.93. The summed E-state index contributed by atoms with van der Waals surface area (Å²) < 4.78 is 33.9. The van der Waals surface area contributed by atoms with Crippen molar-refractivity contribution in [3.63, 3.8) is 0 Å². The van der Waals surface area contributed by atoms with Gasteiger partial charge in [0.2, 0.25) is 0 Å². The lowest BCUT2D eigenvalue weighted by Crippen LogP contribution is -2.13. The SMILES string of the molecule is COc1ccccc1NS(=O)(=O)c1cccc(Nc2cc(-c3ccc(C(=O)c4ccccc4)cc3)ncn2)c1. The maximum Gasteiger partial charge on any atom is 0.262 e. The van der Waals surface area contributed by atoms with E-state index in [9.17, 15) is 13.2 Å². The van der Waals surface area contributed by atoms with Gasteiger partial charge in [0.05, 0.1) is 23.4 Å². The number of hydrogen-bond donors (Lipinski definition) is 2. The van der Waals surface area contributed by atoms with E-state index in [2.05, 4.69) is 20.0 Å². The van der Waals surface area contributed by atoms with E-state index in [-0.39, 0.29) is 10.7 Å². The van der Waals surface area contributed by atoms with Crippen LogP contribution in [0.2, 0.25) is 0 Å². The topological polar surface area (TPSA) is 110 Å². The number of ether oxygens (including phenoxy) is 1. The summed E-state index contributed by atoms with van der Waals surface area (Å²) >= 11 is 0. The van der Waals surface area contributed by atoms with Crippen molar-refractivity contribution in [2.75, 3.05) is 17.1 Å². The van der Waals surface area contributed by atoms with E-state index >= 15 is 0 Å². The molecule has 0 amide bonds. The first-order chi connectivity index (χ1) is 18.9. The number of carbonyl (C=O) groups excluding carboxylic acids is 1. The van der Waals surface area contributed by atoms with Gasteiger partial charge in [-0.15, -0.1) is 0 Å². The Morgan fingerprint density at radius 3 is 2.26 bits per heavy atom. The van der Waals surface area contributed by atoms with Gasteiger partial charge in [-0.1, -0.05) is 72.8 Å². The normalized spacial score (nSPS) is 11.0. The Bertz CT molecular complexity index is 1720. The van der Waals surface area contributed by atoms with Gasteiger partial charge < -0.3 is 10.1 Å². The van der Waals surface area contributed by atoms with Crippen LogP contribution in [0, 0.1) is 0 Å². The summed E-state index contributed by atoms with van der Waals surface area (Å²) in [6, 6.07) is 31.3. The van der Waals surface area contributed by atoms with Crippen molar-refractivity contribution in [1.29, 1.82) is 0 Å². The molecule has 0 aliphatic carbocycles. The number of carbonyl (C=O) groups is 1. The van der Waals surface area contributed by atoms with Gasteiger partial charge in [-0.05, 0) is 30.3 Å². The molecule has 9 heteroatoms. The van der Waals surface area contributed by atoms with Crippen LogP contribution < -0.4 is 14.8 Å². The molecule has 5 rings (SSSR count). The predicted molar refractivity (Wildman–Crippen MR) is 151 cm³/mol. The molecule has 1 heterocycles. The Balaban J connectivity index is 1.33. The summed E-state index contributed by atoms with van der Waals surface area (Å²) in [4.78, 5) is 21.4. The van der Waals surface area contributed by atoms with E-state index in [0.717, 1.165) is 5.56 Å². The number of benzene rings is 4. The summed E-state index contributed by atoms with van der Waals surface area (Å²) in [6.45, 7) is 0. The van der Waals surface area contributed by atoms with Crippen LogP contribution in [0.5, 0.6) is 5.75 Å². The fourth-order valence-electron chi connectivity index (χ4n) is 3.95. The zero-order chi connectivity index (χ0) is 27.2. The number of ketones is 1. The number of nitrogens with one attached hydrogen (secondary N) is 2. The standard InChI is InChI=1S/C30H24N4O4S/c1-38-28-13-6-5-12-26(28)34-39(36,37)25-11-7-10-24(18-25)33-29-19-27(31-20-32-29)21-14-16-23(17-15-21)30(35)22-8-3-2-4-9-22/h2-20,34H,1H3,(H,31,32,33). The fourth-order valence-corrected chi connectivity index (χ4v) is 5.07. The van der Waals surface area contributed by atoms with Crippen LogP contribution in [0.3, 0.4) is 0 Å². The average Bonchev–Trinajstić information content (AvgIpc) is 2.98. The highest BCUT2D eigenvalue weighted by Crippen LogP contribution is 2.28. The summed E-state index contributed by atoms with van der Waals surface area (Å²) in [7, 11) is -2.39. The molecule has 2 N–H and O–H groups in total. The largest absolute Gasteiger partial charge is 0.495 e. The van der Waals surface area contributed by atoms with Crippen molar-refractivity contribution >= 4 is 33.0 Å². The fraction of sp³-hybridized carbons (Fsp3) is 0.0333. The molecular formula is C30H24N4O4S. The van der Waals surface area contributed by atoms with Gasteiger partial charge in [0.15, 0.2) is 5.78 Å². The zero-order valence-corrected chi connectivity index (χ0v) is 21.7. The van der Waals surface area contributed by atoms with Gasteiger partial charge in [-0.25, -0.2) is 18.4 Å². The Morgan fingerprint density at radius 1 is 0.769 bits per heavy atom. The van der Waals surface area contributed by atoms with Gasteiger partial charge in [0.1, 0.15) is 17.9 Å². The third-order valence-corrected chi connectivity index (χ3v) is 7.28. The minimum Gasteiger partial charge on any atom is -0.495 e. The second kappa shape index (κ2) is 11.2. The smallest absolute Gasteiger partial charge is 0.262 e. The summed E-state index contributed by atoms with van der Waals surface area (Å²) in [5.74, 6) is 0.847. The number of aromatic nitrogens is 2. The third-order valence-electron chi connectivity index (χ3n) is 5.91. The monoisotopic (exact) mass is 536 g/mol. The molecule has 0 aliphatic heterocycles. The van der Waals surface area contributed by atoms with Crippen LogP contribution in [-0.2, 0) is 10.0 Å². The average molecular weight is 537 g/mol. The van der Waals surface area contributed by atoms with E-state index in [0.29, 0.717) is 39.8 Å². The van der Waals surface area contributed by atoms with Gasteiger partial charge in [0.25, 0.3) is 10.0 Å². The van der Waals surface area contributed by atoms with Gasteiger partial charge >= 0.3 is 0 Å². The van der Waals surface area contributed by atoms with E-state index in [1.54, 1.807) is 66.7 Å². The number of sulfonamides is 1. The first-order valence-corrected chi connectivity index (χ1v) is 13.5. The summed E-state index contributed by atoms with van der Waals surface area (Å²) in [5, 5.41) is 3.14. The molecule has 0 unspecified atom stereocenters. The van der Waals surface area contributed by atoms with E-state index in [4.69, 9.17) is 4.74 Å². The molecule has 0 saturated heterocycles. The van der Waals surface area contributed by atoms with E-state index < -0.39 is 10.0 Å². The van der Waals surface area contributed by atoms with Crippen molar-refractivity contribution in [2.24, 2.45) is 0 Å². The first-order valence-electron chi connectivity index (χ1n) is 12.0. The number of rotatable bonds is 9. The lowest BCUT2D eigenvalue weighted by Gasteiger charge is -2.13. The van der Waals surface area contributed by atoms with Crippen LogP contribution >= 0.6 is 0 Å². The van der Waals surface area contributed by atoms with Gasteiger partial charge in [-0.3, -0.25) is 9.52 Å². The third kappa shape index (κ3) is 5.94. The Labute approximate surface area is 226 Å². The highest BCUT2D eigenvalue weighted by molar-refractivity contribution is 7.92. The van der Waals surface area contributed by atoms with Crippen LogP contribution in [0.4, 0.5) is 17.2 Å². The number of hydrogen-bond acceptors (Lipinski definition) is 7. The highest BCUT2D eigenvalue weighted by Gasteiger charge is 2.17. The maximum absolute atomic E-state index is 13.0. The summed E-state index contributed by atoms with van der Waals surface area (Å²) in [6.07, 6.45) is 1.42. The van der Waals surface area contributed by atoms with Gasteiger partial charge in [-0.2, -0.15) is 0 Å². The second-order valence-electron chi connectivity index (χ2n) is 8.52. The van der Waals surface area contributed by atoms with Gasteiger partial charge in [0, 0.05) is 28.4 Å². The molecule has 1 aromatic heterocycles. The molecule has 0 bridgehead atoms. The van der Waals surface area contributed by atoms with Crippen LogP contribution in [0.25, 0.3) is 11.3 Å². The van der Waals surface area contributed by atoms with Crippen molar-refractivity contribution in [3.8, 4) is 17.0 Å². The molecule has 0 saturated carbocycles. The Kier molecular flexibility index (Phi) is 7.33. The van der Waals surface area contributed by atoms with Crippen LogP contribution in [0.15, 0.2) is 120 Å². The number of para-hydroxylation sites is 2. The molecule has 5 aromatic rings. The molecule has 0 fully saturated rings. The molecule has 39 heavy (non-hydrogen) atoms. The molecular weight excluding hydrogens is 512 g/mol. The van der Waals surface area contributed by atoms with E-state index in [1.807, 2.05) is 30.3 Å². The highest BCUT2D eigenvalue weighted by atomic mass is 32.2. The first kappa shape index (κ1) is 25.6. The number of nitrogens with zero attached hydrogens (tertiary/aromatic N) is 2. The van der Waals surface area contributed by atoms with Crippen molar-refractivity contribution in [3.05, 3.63) is 127 Å². The Morgan fingerprint density at radius 2 is 1.49 bits per heavy atom. The minimum absolute atomic E-state index is 0.0535. The van der Waals surface area contributed by atoms with Crippen LogP contribution in [-0.4, -0.2) is 31.3 Å². The van der Waals surface area contributed by atoms with Crippen molar-refractivity contribution in [1.82, 2.24) is 9.97 Å². The second-order valence-corrected chi connectivity index (χ2v) is 10.2. The molecule has 194 valence electrons. The maximum atomic E-state index is 13.0.